The molecular formula is C17H23Cl2SiZr. The maximum absolute atomic E-state index is 2.42. The van der Waals surface area contributed by atoms with Gasteiger partial charge in [-0.2, -0.15) is 0 Å². The summed E-state index contributed by atoms with van der Waals surface area (Å²) in [5.41, 5.74) is 3.41. The molecule has 4 heteroatoms. The second-order valence-electron chi connectivity index (χ2n) is 6.22. The van der Waals surface area contributed by atoms with E-state index in [0.29, 0.717) is 0 Å². The molecule has 0 fully saturated rings. The topological polar surface area (TPSA) is 0 Å². The van der Waals surface area contributed by atoms with Crippen LogP contribution in [0.2, 0.25) is 12.1 Å². The first-order valence-electron chi connectivity index (χ1n) is 7.70. The van der Waals surface area contributed by atoms with E-state index in [1.54, 1.807) is 39.1 Å². The van der Waals surface area contributed by atoms with Crippen molar-refractivity contribution in [3.8, 4) is 0 Å². The molecule has 0 saturated heterocycles. The van der Waals surface area contributed by atoms with Crippen molar-refractivity contribution in [3.05, 3.63) is 43.0 Å². The van der Waals surface area contributed by atoms with Crippen LogP contribution in [0.1, 0.15) is 40.0 Å². The average molecular weight is 418 g/mol. The molecule has 0 amide bonds. The van der Waals surface area contributed by atoms with Gasteiger partial charge in [0.05, 0.1) is 0 Å². The zero-order valence-corrected chi connectivity index (χ0v) is 18.1. The molecule has 113 valence electrons. The maximum Gasteiger partial charge on any atom is -1.00 e. The summed E-state index contributed by atoms with van der Waals surface area (Å²) in [6, 6.07) is 3.03. The minimum absolute atomic E-state index is 0. The second kappa shape index (κ2) is 7.47. The standard InChI is InChI=1S/C17H23Si.2ClH.Zr/c1-4-10-18(11-5-2)16-13(3)12-15(17(16)18)14-8-6-7-9-14;;;/h6-8,15H,4-5,9-11H2,1-3H3;2*1H;/q;;;+2/p-2. The fourth-order valence-corrected chi connectivity index (χ4v) is 12.5. The van der Waals surface area contributed by atoms with E-state index in [1.807, 2.05) is 10.4 Å². The van der Waals surface area contributed by atoms with Crippen LogP contribution in [0.25, 0.3) is 0 Å². The molecule has 21 heavy (non-hydrogen) atoms. The fraction of sp³-hybridized carbons (Fsp3) is 0.529. The van der Waals surface area contributed by atoms with Gasteiger partial charge in [0.1, 0.15) is 0 Å². The number of halogens is 2. The van der Waals surface area contributed by atoms with Gasteiger partial charge in [0, 0.05) is 0 Å². The Morgan fingerprint density at radius 3 is 2.29 bits per heavy atom. The Kier molecular flexibility index (Phi) is 7.01. The average Bonchev–Trinajstić information content (AvgIpc) is 2.74. The van der Waals surface area contributed by atoms with E-state index >= 15 is 0 Å². The molecule has 3 aliphatic rings. The first-order valence-corrected chi connectivity index (χ1v) is 11.3. The van der Waals surface area contributed by atoms with Crippen LogP contribution < -0.4 is 24.8 Å². The van der Waals surface area contributed by atoms with E-state index < -0.39 is 8.07 Å². The van der Waals surface area contributed by atoms with Crippen LogP contribution in [0.3, 0.4) is 0 Å². The zero-order valence-electron chi connectivity index (χ0n) is 13.1. The third-order valence-corrected chi connectivity index (χ3v) is 12.3. The number of hydrogen-bond acceptors (Lipinski definition) is 0. The molecule has 0 bridgehead atoms. The van der Waals surface area contributed by atoms with Crippen molar-refractivity contribution in [2.24, 2.45) is 5.92 Å². The normalized spacial score (nSPS) is 24.6. The van der Waals surface area contributed by atoms with E-state index in [2.05, 4.69) is 39.0 Å². The number of hydrogen-bond donors (Lipinski definition) is 0. The van der Waals surface area contributed by atoms with Gasteiger partial charge in [-0.1, -0.05) is 0 Å². The van der Waals surface area contributed by atoms with Crippen molar-refractivity contribution in [2.75, 3.05) is 0 Å². The minimum Gasteiger partial charge on any atom is -1.00 e. The first-order chi connectivity index (χ1) is 9.17. The van der Waals surface area contributed by atoms with Gasteiger partial charge in [0.2, 0.25) is 0 Å². The van der Waals surface area contributed by atoms with Crippen LogP contribution in [-0.4, -0.2) is 8.07 Å². The molecule has 0 radical (unpaired) electrons. The molecule has 0 aromatic heterocycles. The van der Waals surface area contributed by atoms with E-state index in [4.69, 9.17) is 0 Å². The summed E-state index contributed by atoms with van der Waals surface area (Å²) in [5.74, 6) is 0.757. The van der Waals surface area contributed by atoms with Crippen molar-refractivity contribution in [3.63, 3.8) is 0 Å². The van der Waals surface area contributed by atoms with E-state index in [-0.39, 0.29) is 24.8 Å². The molecule has 1 aliphatic heterocycles. The third kappa shape index (κ3) is 2.91. The Balaban J connectivity index is 0.00000110. The summed E-state index contributed by atoms with van der Waals surface area (Å²) in [7, 11) is -1.11. The molecule has 1 heterocycles. The van der Waals surface area contributed by atoms with Crippen molar-refractivity contribution < 1.29 is 49.5 Å². The Morgan fingerprint density at radius 2 is 1.81 bits per heavy atom. The molecule has 0 saturated carbocycles. The number of rotatable bonds is 5. The summed E-state index contributed by atoms with van der Waals surface area (Å²) in [4.78, 5) is 0. The van der Waals surface area contributed by atoms with Crippen molar-refractivity contribution >= 4 is 8.07 Å². The van der Waals surface area contributed by atoms with Crippen LogP contribution in [0, 0.1) is 5.92 Å². The van der Waals surface area contributed by atoms with E-state index in [9.17, 15) is 0 Å². The molecule has 0 spiro atoms. The molecule has 0 nitrogen and oxygen atoms in total. The summed E-state index contributed by atoms with van der Waals surface area (Å²) in [5, 5.41) is 3.89. The SMILES string of the molecule is CCC[Si]1(CCC)C2=C1C(C1=CC=CC1)[C]([Zr+2])=C2C.[Cl-].[Cl-]. The molecule has 0 N–H and O–H groups in total. The summed E-state index contributed by atoms with van der Waals surface area (Å²) < 4.78 is 1.75. The van der Waals surface area contributed by atoms with Gasteiger partial charge >= 0.3 is 134 Å². The smallest absolute Gasteiger partial charge is 1.00 e. The number of allylic oxidation sites excluding steroid dienone is 8. The van der Waals surface area contributed by atoms with Crippen LogP contribution in [0.5, 0.6) is 0 Å². The first kappa shape index (κ1) is 19.7. The molecule has 2 aliphatic carbocycles. The van der Waals surface area contributed by atoms with Gasteiger partial charge in [0.15, 0.2) is 0 Å². The van der Waals surface area contributed by atoms with Gasteiger partial charge < -0.3 is 24.8 Å². The van der Waals surface area contributed by atoms with Crippen LogP contribution in [-0.2, 0) is 24.7 Å². The van der Waals surface area contributed by atoms with Crippen LogP contribution in [0.4, 0.5) is 0 Å². The zero-order chi connectivity index (χ0) is 13.6. The molecule has 3 rings (SSSR count). The van der Waals surface area contributed by atoms with Crippen molar-refractivity contribution in [2.45, 2.75) is 52.1 Å². The van der Waals surface area contributed by atoms with Gasteiger partial charge in [-0.15, -0.1) is 0 Å². The van der Waals surface area contributed by atoms with Gasteiger partial charge in [0.25, 0.3) is 0 Å². The van der Waals surface area contributed by atoms with E-state index in [0.717, 1.165) is 5.92 Å². The predicted octanol–water partition coefficient (Wildman–Crippen LogP) is -1.01. The Morgan fingerprint density at radius 1 is 1.19 bits per heavy atom. The monoisotopic (exact) mass is 415 g/mol. The largest absolute Gasteiger partial charge is 1.00 e. The summed E-state index contributed by atoms with van der Waals surface area (Å²) in [6.45, 7) is 7.17. The molecule has 1 unspecified atom stereocenters. The quantitative estimate of drug-likeness (QED) is 0.503. The van der Waals surface area contributed by atoms with Gasteiger partial charge in [-0.3, -0.25) is 0 Å². The Bertz CT molecular complexity index is 537. The van der Waals surface area contributed by atoms with Crippen molar-refractivity contribution in [1.82, 2.24) is 0 Å². The molecule has 0 aromatic rings. The Hall–Kier alpha value is 0.640. The summed E-state index contributed by atoms with van der Waals surface area (Å²) >= 11 is 1.65. The Labute approximate surface area is 157 Å². The summed E-state index contributed by atoms with van der Waals surface area (Å²) in [6.07, 6.45) is 10.9. The predicted molar refractivity (Wildman–Crippen MR) is 81.0 cm³/mol. The maximum atomic E-state index is 2.42. The van der Waals surface area contributed by atoms with Crippen LogP contribution >= 0.6 is 0 Å². The molecule has 1 atom stereocenters. The fourth-order valence-electron chi connectivity index (χ4n) is 4.41. The second-order valence-corrected chi connectivity index (χ2v) is 11.7. The van der Waals surface area contributed by atoms with E-state index in [1.165, 1.54) is 31.4 Å². The van der Waals surface area contributed by atoms with Crippen LogP contribution in [0.15, 0.2) is 43.0 Å². The van der Waals surface area contributed by atoms with Gasteiger partial charge in [-0.05, 0) is 0 Å². The molecular weight excluding hydrogens is 394 g/mol. The minimum atomic E-state index is -1.11. The molecule has 0 aromatic carbocycles. The third-order valence-electron chi connectivity index (χ3n) is 5.08. The van der Waals surface area contributed by atoms with Crippen molar-refractivity contribution in [1.29, 1.82) is 0 Å². The van der Waals surface area contributed by atoms with Gasteiger partial charge in [-0.25, -0.2) is 0 Å².